The van der Waals surface area contributed by atoms with Crippen LogP contribution in [0.2, 0.25) is 0 Å². The Morgan fingerprint density at radius 2 is 1.57 bits per heavy atom. The maximum Gasteiger partial charge on any atom is 0.416 e. The Morgan fingerprint density at radius 3 is 2.23 bits per heavy atom. The highest BCUT2D eigenvalue weighted by Crippen LogP contribution is 2.36. The molecule has 4 rings (SSSR count). The molecule has 7 heteroatoms. The zero-order valence-corrected chi connectivity index (χ0v) is 19.5. The van der Waals surface area contributed by atoms with Gasteiger partial charge in [-0.15, -0.1) is 0 Å². The molecule has 0 radical (unpaired) electrons. The molecule has 0 amide bonds. The van der Waals surface area contributed by atoms with Crippen LogP contribution in [0.5, 0.6) is 0 Å². The fourth-order valence-electron chi connectivity index (χ4n) is 4.30. The predicted molar refractivity (Wildman–Crippen MR) is 132 cm³/mol. The second kappa shape index (κ2) is 10.5. The minimum Gasteiger partial charge on any atom is -0.396 e. The van der Waals surface area contributed by atoms with E-state index in [1.165, 1.54) is 12.3 Å². The van der Waals surface area contributed by atoms with Crippen molar-refractivity contribution in [3.8, 4) is 22.4 Å². The topological polar surface area (TPSA) is 64.1 Å². The maximum absolute atomic E-state index is 14.0. The van der Waals surface area contributed by atoms with E-state index in [9.17, 15) is 13.2 Å². The summed E-state index contributed by atoms with van der Waals surface area (Å²) in [7, 11) is 1.72. The van der Waals surface area contributed by atoms with Crippen LogP contribution in [-0.4, -0.2) is 21.3 Å². The first-order valence-corrected chi connectivity index (χ1v) is 11.5. The van der Waals surface area contributed by atoms with E-state index in [4.69, 9.17) is 10.8 Å². The number of aryl methyl sites for hydroxylation is 2. The van der Waals surface area contributed by atoms with Crippen molar-refractivity contribution in [1.29, 1.82) is 0 Å². The first-order chi connectivity index (χ1) is 16.8. The van der Waals surface area contributed by atoms with E-state index in [0.29, 0.717) is 29.9 Å². The van der Waals surface area contributed by atoms with Crippen molar-refractivity contribution in [2.24, 2.45) is 12.8 Å². The molecule has 182 valence electrons. The average molecular weight is 480 g/mol. The van der Waals surface area contributed by atoms with E-state index < -0.39 is 17.8 Å². The second-order valence-electron chi connectivity index (χ2n) is 8.61. The molecule has 35 heavy (non-hydrogen) atoms. The summed E-state index contributed by atoms with van der Waals surface area (Å²) < 4.78 is 43.6. The van der Waals surface area contributed by atoms with Crippen molar-refractivity contribution < 1.29 is 18.3 Å². The number of aromatic nitrogens is 2. The third kappa shape index (κ3) is 5.63. The van der Waals surface area contributed by atoms with Gasteiger partial charge in [-0.3, -0.25) is 0 Å². The van der Waals surface area contributed by atoms with Gasteiger partial charge in [-0.05, 0) is 47.6 Å². The first kappa shape index (κ1) is 24.7. The van der Waals surface area contributed by atoms with E-state index >= 15 is 0 Å². The Labute approximate surface area is 202 Å². The standard InChI is InChI=1S/C28H28F3N3O/c1-34-26(18-33-27(34)25(32)15-16-35)23-14-13-22(24(17-23)28(29,30)31)12-9-19-7-10-21(11-8-19)20-5-3-2-4-6-20/h2-8,10-11,13-14,17-18,25,35H,9,12,15-16,32H2,1H3. The molecular weight excluding hydrogens is 451 g/mol. The van der Waals surface area contributed by atoms with Gasteiger partial charge in [0.05, 0.1) is 23.5 Å². The molecule has 0 aliphatic rings. The Morgan fingerprint density at radius 1 is 0.914 bits per heavy atom. The molecule has 4 nitrogen and oxygen atoms in total. The van der Waals surface area contributed by atoms with Gasteiger partial charge in [0.25, 0.3) is 0 Å². The Kier molecular flexibility index (Phi) is 7.38. The summed E-state index contributed by atoms with van der Waals surface area (Å²) in [6.07, 6.45) is -1.85. The van der Waals surface area contributed by atoms with Crippen LogP contribution in [-0.2, 0) is 26.1 Å². The highest BCUT2D eigenvalue weighted by atomic mass is 19.4. The molecule has 0 aliphatic carbocycles. The molecule has 0 bridgehead atoms. The Hall–Kier alpha value is -3.42. The summed E-state index contributed by atoms with van der Waals surface area (Å²) >= 11 is 0. The van der Waals surface area contributed by atoms with Crippen molar-refractivity contribution >= 4 is 0 Å². The van der Waals surface area contributed by atoms with Crippen LogP contribution in [0.25, 0.3) is 22.4 Å². The first-order valence-electron chi connectivity index (χ1n) is 11.5. The van der Waals surface area contributed by atoms with Gasteiger partial charge < -0.3 is 15.4 Å². The lowest BCUT2D eigenvalue weighted by Crippen LogP contribution is -2.17. The lowest BCUT2D eigenvalue weighted by atomic mass is 9.96. The van der Waals surface area contributed by atoms with Crippen LogP contribution in [0, 0.1) is 0 Å². The largest absolute Gasteiger partial charge is 0.416 e. The molecule has 3 N–H and O–H groups in total. The molecule has 0 fully saturated rings. The maximum atomic E-state index is 14.0. The fraction of sp³-hybridized carbons (Fsp3) is 0.250. The molecule has 1 heterocycles. The van der Waals surface area contributed by atoms with Gasteiger partial charge in [-0.2, -0.15) is 13.2 Å². The number of benzene rings is 3. The van der Waals surface area contributed by atoms with E-state index in [2.05, 4.69) is 4.98 Å². The summed E-state index contributed by atoms with van der Waals surface area (Å²) in [5.74, 6) is 0.519. The monoisotopic (exact) mass is 479 g/mol. The number of aliphatic hydroxyl groups excluding tert-OH is 1. The summed E-state index contributed by atoms with van der Waals surface area (Å²) in [6.45, 7) is -0.0920. The second-order valence-corrected chi connectivity index (χ2v) is 8.61. The molecule has 1 unspecified atom stereocenters. The zero-order valence-electron chi connectivity index (χ0n) is 19.5. The molecular formula is C28H28F3N3O. The number of alkyl halides is 3. The molecule has 0 saturated carbocycles. The minimum atomic E-state index is -4.47. The van der Waals surface area contributed by atoms with E-state index in [1.54, 1.807) is 23.7 Å². The van der Waals surface area contributed by atoms with Crippen LogP contribution in [0.15, 0.2) is 79.0 Å². The van der Waals surface area contributed by atoms with Crippen molar-refractivity contribution in [3.63, 3.8) is 0 Å². The predicted octanol–water partition coefficient (Wildman–Crippen LogP) is 5.94. The SMILES string of the molecule is Cn1c(-c2ccc(CCc3ccc(-c4ccccc4)cc3)c(C(F)(F)F)c2)cnc1C(N)CCO. The number of hydrogen-bond donors (Lipinski definition) is 2. The van der Waals surface area contributed by atoms with E-state index in [1.807, 2.05) is 54.6 Å². The third-order valence-corrected chi connectivity index (χ3v) is 6.25. The highest BCUT2D eigenvalue weighted by Gasteiger charge is 2.33. The smallest absolute Gasteiger partial charge is 0.396 e. The number of imidazole rings is 1. The summed E-state index contributed by atoms with van der Waals surface area (Å²) in [6, 6.07) is 21.8. The van der Waals surface area contributed by atoms with Crippen molar-refractivity contribution in [2.45, 2.75) is 31.5 Å². The van der Waals surface area contributed by atoms with Crippen molar-refractivity contribution in [1.82, 2.24) is 9.55 Å². The molecule has 4 aromatic rings. The minimum absolute atomic E-state index is 0.0920. The molecule has 0 aliphatic heterocycles. The average Bonchev–Trinajstić information content (AvgIpc) is 3.24. The molecule has 1 aromatic heterocycles. The number of nitrogens with two attached hydrogens (primary N) is 1. The van der Waals surface area contributed by atoms with Crippen LogP contribution in [0.4, 0.5) is 13.2 Å². The zero-order chi connectivity index (χ0) is 25.0. The number of hydrogen-bond acceptors (Lipinski definition) is 3. The van der Waals surface area contributed by atoms with Crippen LogP contribution >= 0.6 is 0 Å². The Balaban J connectivity index is 1.55. The quantitative estimate of drug-likeness (QED) is 0.329. The lowest BCUT2D eigenvalue weighted by Gasteiger charge is -2.16. The van der Waals surface area contributed by atoms with E-state index in [-0.39, 0.29) is 18.6 Å². The van der Waals surface area contributed by atoms with Gasteiger partial charge in [0, 0.05) is 19.2 Å². The third-order valence-electron chi connectivity index (χ3n) is 6.25. The summed E-state index contributed by atoms with van der Waals surface area (Å²) in [4.78, 5) is 4.28. The van der Waals surface area contributed by atoms with Gasteiger partial charge in [0.1, 0.15) is 5.82 Å². The molecule has 3 aromatic carbocycles. The van der Waals surface area contributed by atoms with Gasteiger partial charge in [0.15, 0.2) is 0 Å². The summed E-state index contributed by atoms with van der Waals surface area (Å²) in [5, 5.41) is 9.13. The number of halogens is 3. The summed E-state index contributed by atoms with van der Waals surface area (Å²) in [5.41, 5.74) is 9.77. The fourth-order valence-corrected chi connectivity index (χ4v) is 4.30. The normalized spacial score (nSPS) is 12.6. The number of aliphatic hydroxyl groups is 1. The van der Waals surface area contributed by atoms with Crippen LogP contribution < -0.4 is 5.73 Å². The Bertz CT molecular complexity index is 1270. The molecule has 1 atom stereocenters. The van der Waals surface area contributed by atoms with Crippen molar-refractivity contribution in [2.75, 3.05) is 6.61 Å². The van der Waals surface area contributed by atoms with Gasteiger partial charge in [-0.25, -0.2) is 4.98 Å². The van der Waals surface area contributed by atoms with Crippen molar-refractivity contribution in [3.05, 3.63) is 102 Å². The molecule has 0 spiro atoms. The van der Waals surface area contributed by atoms with Crippen LogP contribution in [0.3, 0.4) is 0 Å². The van der Waals surface area contributed by atoms with Gasteiger partial charge in [0.2, 0.25) is 0 Å². The van der Waals surface area contributed by atoms with Crippen LogP contribution in [0.1, 0.15) is 35.0 Å². The lowest BCUT2D eigenvalue weighted by molar-refractivity contribution is -0.138. The highest BCUT2D eigenvalue weighted by molar-refractivity contribution is 5.64. The van der Waals surface area contributed by atoms with Gasteiger partial charge in [-0.1, -0.05) is 66.7 Å². The number of nitrogens with zero attached hydrogens (tertiary/aromatic N) is 2. The molecule has 0 saturated heterocycles. The number of rotatable bonds is 8. The van der Waals surface area contributed by atoms with E-state index in [0.717, 1.165) is 16.7 Å². The van der Waals surface area contributed by atoms with Gasteiger partial charge >= 0.3 is 6.18 Å².